The van der Waals surface area contributed by atoms with Crippen LogP contribution in [0.2, 0.25) is 0 Å². The highest BCUT2D eigenvalue weighted by Gasteiger charge is 2.65. The highest BCUT2D eigenvalue weighted by atomic mass is 16.7. The first-order valence-electron chi connectivity index (χ1n) is 25.0. The Morgan fingerprint density at radius 1 is 0.896 bits per heavy atom. The molecule has 2 aromatic rings. The number of rotatable bonds is 33. The van der Waals surface area contributed by atoms with E-state index in [1.165, 1.54) is 50.7 Å². The fraction of sp³-hybridized carbons (Fsp3) is 0.654. The average molecular weight is 936 g/mol. The van der Waals surface area contributed by atoms with E-state index in [1.807, 2.05) is 19.1 Å². The maximum Gasteiger partial charge on any atom is 0.410 e. The van der Waals surface area contributed by atoms with Crippen LogP contribution < -0.4 is 9.47 Å². The van der Waals surface area contributed by atoms with Crippen LogP contribution in [0.15, 0.2) is 71.9 Å². The zero-order chi connectivity index (χ0) is 47.9. The molecule has 1 aliphatic heterocycles. The summed E-state index contributed by atoms with van der Waals surface area (Å²) in [6.07, 6.45) is 19.4. The molecule has 372 valence electrons. The quantitative estimate of drug-likeness (QED) is 0.0266. The van der Waals surface area contributed by atoms with Gasteiger partial charge in [-0.05, 0) is 80.7 Å². The Kier molecular flexibility index (Phi) is 22.9. The summed E-state index contributed by atoms with van der Waals surface area (Å²) in [7, 11) is 0. The standard InChI is InChI=1S/C52H77N3O12/c1-4-7-8-9-10-11-12-13-14-19-32-63-51(59)54(27-33-62-34-30-58)48-38-46(53-65-6-3)44-35-39(21-15-17-28-56)43(24-16-18-29-57)49-45-37-42(66-41-23-20-22-40(36-41)55(60)61)25-26-47(45)67-52(48,50(44)49)64-31-5-2/h5,20,22-23,25-26,35-37,39,43,48-50,56-58H,2,4,6-19,21,24,27-34,38H2,1,3H3. The summed E-state index contributed by atoms with van der Waals surface area (Å²) in [6, 6.07) is 10.8. The minimum atomic E-state index is -1.51. The first-order valence-corrected chi connectivity index (χ1v) is 25.0. The van der Waals surface area contributed by atoms with Gasteiger partial charge in [0.2, 0.25) is 5.79 Å². The number of hydrogen-bond acceptors (Lipinski definition) is 13. The van der Waals surface area contributed by atoms with Gasteiger partial charge >= 0.3 is 6.09 Å². The minimum Gasteiger partial charge on any atom is -0.459 e. The third kappa shape index (κ3) is 14.7. The van der Waals surface area contributed by atoms with Crippen LogP contribution in [0.4, 0.5) is 10.5 Å². The van der Waals surface area contributed by atoms with Crippen molar-refractivity contribution in [3.63, 3.8) is 0 Å². The molecule has 5 rings (SSSR count). The van der Waals surface area contributed by atoms with Gasteiger partial charge in [-0.3, -0.25) is 15.0 Å². The molecule has 1 fully saturated rings. The van der Waals surface area contributed by atoms with Gasteiger partial charge in [0.1, 0.15) is 29.9 Å². The number of fused-ring (bicyclic) bond motifs is 2. The van der Waals surface area contributed by atoms with Crippen molar-refractivity contribution in [1.29, 1.82) is 0 Å². The Labute approximate surface area is 397 Å². The number of oxime groups is 1. The molecule has 2 aliphatic carbocycles. The Balaban J connectivity index is 1.60. The van der Waals surface area contributed by atoms with Crippen LogP contribution in [-0.2, 0) is 19.0 Å². The average Bonchev–Trinajstić information content (AvgIpc) is 3.33. The molecule has 67 heavy (non-hydrogen) atoms. The third-order valence-corrected chi connectivity index (χ3v) is 13.3. The van der Waals surface area contributed by atoms with E-state index in [1.54, 1.807) is 29.2 Å². The van der Waals surface area contributed by atoms with Crippen molar-refractivity contribution >= 4 is 17.5 Å². The predicted molar refractivity (Wildman–Crippen MR) is 258 cm³/mol. The molecule has 2 aromatic carbocycles. The summed E-state index contributed by atoms with van der Waals surface area (Å²) in [5.41, 5.74) is 2.29. The maximum absolute atomic E-state index is 14.7. The molecule has 6 atom stereocenters. The lowest BCUT2D eigenvalue weighted by Crippen LogP contribution is -2.70. The van der Waals surface area contributed by atoms with Gasteiger partial charge in [0.25, 0.3) is 5.69 Å². The molecule has 1 heterocycles. The van der Waals surface area contributed by atoms with Crippen molar-refractivity contribution in [2.45, 2.75) is 141 Å². The number of benzene rings is 2. The number of carbonyl (C=O) groups excluding carboxylic acids is 1. The van der Waals surface area contributed by atoms with Crippen molar-refractivity contribution in [3.05, 3.63) is 82.4 Å². The lowest BCUT2D eigenvalue weighted by Gasteiger charge is -2.59. The number of nitro benzene ring substituents is 1. The first-order chi connectivity index (χ1) is 32.8. The Morgan fingerprint density at radius 2 is 1.61 bits per heavy atom. The van der Waals surface area contributed by atoms with Crippen LogP contribution in [0.1, 0.15) is 134 Å². The SMILES string of the molecule is C=CCOC12Oc3ccc(Oc4cccc([N+](=O)[O-])c4)cc3C3C(CCCCO)C(CCCCO)C=C(C(=NOCC)CC1N(CCOCCO)C(=O)OCCCCCCCCCCCC)C32. The van der Waals surface area contributed by atoms with Crippen LogP contribution in [0.5, 0.6) is 17.2 Å². The summed E-state index contributed by atoms with van der Waals surface area (Å²) < 4.78 is 32.6. The van der Waals surface area contributed by atoms with Gasteiger partial charge in [0.05, 0.1) is 55.7 Å². The lowest BCUT2D eigenvalue weighted by atomic mass is 9.55. The number of nitro groups is 1. The molecule has 15 heteroatoms. The monoisotopic (exact) mass is 936 g/mol. The number of ether oxygens (including phenoxy) is 5. The molecule has 0 bridgehead atoms. The fourth-order valence-corrected chi connectivity index (χ4v) is 10.2. The van der Waals surface area contributed by atoms with E-state index in [-0.39, 0.29) is 82.7 Å². The summed E-state index contributed by atoms with van der Waals surface area (Å²) in [5.74, 6) is -1.10. The van der Waals surface area contributed by atoms with Crippen LogP contribution in [0.25, 0.3) is 0 Å². The summed E-state index contributed by atoms with van der Waals surface area (Å²) in [6.45, 7) is 9.02. The zero-order valence-electron chi connectivity index (χ0n) is 40.0. The molecule has 6 unspecified atom stereocenters. The maximum atomic E-state index is 14.7. The Morgan fingerprint density at radius 3 is 2.30 bits per heavy atom. The number of allylic oxidation sites excluding steroid dienone is 1. The second-order valence-electron chi connectivity index (χ2n) is 17.9. The second-order valence-corrected chi connectivity index (χ2v) is 17.9. The van der Waals surface area contributed by atoms with Gasteiger partial charge in [-0.15, -0.1) is 6.58 Å². The first kappa shape index (κ1) is 53.4. The normalized spacial score (nSPS) is 22.3. The van der Waals surface area contributed by atoms with Crippen molar-refractivity contribution in [1.82, 2.24) is 4.90 Å². The van der Waals surface area contributed by atoms with Gasteiger partial charge in [-0.2, -0.15) is 0 Å². The van der Waals surface area contributed by atoms with E-state index >= 15 is 0 Å². The topological polar surface area (TPSA) is 192 Å². The lowest BCUT2D eigenvalue weighted by molar-refractivity contribution is -0.384. The number of hydrogen-bond donors (Lipinski definition) is 3. The van der Waals surface area contributed by atoms with E-state index in [4.69, 9.17) is 33.7 Å². The summed E-state index contributed by atoms with van der Waals surface area (Å²) in [4.78, 5) is 33.4. The van der Waals surface area contributed by atoms with E-state index in [0.29, 0.717) is 42.4 Å². The molecular formula is C52H77N3O12. The van der Waals surface area contributed by atoms with Crippen molar-refractivity contribution in [3.8, 4) is 17.2 Å². The van der Waals surface area contributed by atoms with Gasteiger partial charge < -0.3 is 43.8 Å². The van der Waals surface area contributed by atoms with E-state index < -0.39 is 28.8 Å². The minimum absolute atomic E-state index is 0.0169. The molecule has 0 saturated heterocycles. The van der Waals surface area contributed by atoms with Crippen molar-refractivity contribution in [2.75, 3.05) is 59.4 Å². The fourth-order valence-electron chi connectivity index (χ4n) is 10.2. The highest BCUT2D eigenvalue weighted by Crippen LogP contribution is 2.62. The van der Waals surface area contributed by atoms with Crippen LogP contribution in [-0.4, -0.2) is 108 Å². The molecule has 1 amide bonds. The van der Waals surface area contributed by atoms with Crippen molar-refractivity contribution < 1.29 is 53.6 Å². The number of non-ortho nitro benzene ring substituents is 1. The van der Waals surface area contributed by atoms with Gasteiger partial charge in [0, 0.05) is 43.7 Å². The Hall–Kier alpha value is -4.54. The highest BCUT2D eigenvalue weighted by molar-refractivity contribution is 6.03. The van der Waals surface area contributed by atoms with Crippen LogP contribution in [0, 0.1) is 27.9 Å². The second kappa shape index (κ2) is 28.7. The summed E-state index contributed by atoms with van der Waals surface area (Å²) >= 11 is 0. The summed E-state index contributed by atoms with van der Waals surface area (Å²) in [5, 5.41) is 45.9. The van der Waals surface area contributed by atoms with E-state index in [2.05, 4.69) is 19.6 Å². The molecule has 1 saturated carbocycles. The number of nitrogens with zero attached hydrogens (tertiary/aromatic N) is 3. The number of carbonyl (C=O) groups is 1. The number of aliphatic hydroxyl groups excluding tert-OH is 3. The van der Waals surface area contributed by atoms with E-state index in [0.717, 1.165) is 62.5 Å². The molecule has 0 aromatic heterocycles. The molecule has 15 nitrogen and oxygen atoms in total. The predicted octanol–water partition coefficient (Wildman–Crippen LogP) is 10.4. The smallest absolute Gasteiger partial charge is 0.410 e. The van der Waals surface area contributed by atoms with Crippen molar-refractivity contribution in [2.24, 2.45) is 22.9 Å². The van der Waals surface area contributed by atoms with Crippen LogP contribution >= 0.6 is 0 Å². The molecule has 3 aliphatic rings. The largest absolute Gasteiger partial charge is 0.459 e. The zero-order valence-corrected chi connectivity index (χ0v) is 40.0. The third-order valence-electron chi connectivity index (χ3n) is 13.3. The van der Waals surface area contributed by atoms with Gasteiger partial charge in [-0.25, -0.2) is 4.79 Å². The number of unbranched alkanes of at least 4 members (excludes halogenated alkanes) is 11. The van der Waals surface area contributed by atoms with Crippen LogP contribution in [0.3, 0.4) is 0 Å². The molecule has 0 spiro atoms. The van der Waals surface area contributed by atoms with Gasteiger partial charge in [-0.1, -0.05) is 101 Å². The number of aliphatic hydroxyl groups is 3. The number of amides is 1. The van der Waals surface area contributed by atoms with E-state index in [9.17, 15) is 30.2 Å². The van der Waals surface area contributed by atoms with Gasteiger partial charge in [0.15, 0.2) is 0 Å². The molecule has 3 N–H and O–H groups in total. The Bertz CT molecular complexity index is 1890. The molecular weight excluding hydrogens is 859 g/mol. The molecule has 0 radical (unpaired) electrons.